The maximum absolute atomic E-state index is 12.4. The molecule has 1 aromatic heterocycles. The fourth-order valence-corrected chi connectivity index (χ4v) is 1.40. The van der Waals surface area contributed by atoms with Gasteiger partial charge in [-0.15, -0.1) is 0 Å². The minimum atomic E-state index is -0.664. The van der Waals surface area contributed by atoms with E-state index in [4.69, 9.17) is 0 Å². The molecular formula is C8H12FN3O. The normalized spacial score (nSPS) is 16.5. The van der Waals surface area contributed by atoms with Crippen LogP contribution in [-0.4, -0.2) is 14.3 Å². The number of hydrogen-bond donors (Lipinski definition) is 0. The molecule has 72 valence electrons. The van der Waals surface area contributed by atoms with Crippen molar-refractivity contribution in [2.24, 2.45) is 13.0 Å². The average Bonchev–Trinajstić information content (AvgIpc) is 2.88. The van der Waals surface area contributed by atoms with Crippen molar-refractivity contribution < 1.29 is 4.39 Å². The average molecular weight is 185 g/mol. The molecule has 0 N–H and O–H groups in total. The predicted octanol–water partition coefficient (Wildman–Crippen LogP) is 0.461. The lowest BCUT2D eigenvalue weighted by Crippen LogP contribution is -2.24. The largest absolute Gasteiger partial charge is 0.345 e. The van der Waals surface area contributed by atoms with E-state index in [0.717, 1.165) is 12.8 Å². The molecule has 1 fully saturated rings. The third kappa shape index (κ3) is 1.50. The number of aryl methyl sites for hydroxylation is 1. The molecule has 0 unspecified atom stereocenters. The zero-order chi connectivity index (χ0) is 9.42. The van der Waals surface area contributed by atoms with E-state index in [1.54, 1.807) is 7.05 Å². The number of aromatic nitrogens is 3. The lowest BCUT2D eigenvalue weighted by Gasteiger charge is -1.99. The van der Waals surface area contributed by atoms with Gasteiger partial charge in [0.05, 0.1) is 0 Å². The van der Waals surface area contributed by atoms with Gasteiger partial charge in [-0.25, -0.2) is 13.9 Å². The fraction of sp³-hybridized carbons (Fsp3) is 0.750. The van der Waals surface area contributed by atoms with Gasteiger partial charge in [0.1, 0.15) is 6.67 Å². The Morgan fingerprint density at radius 3 is 2.85 bits per heavy atom. The summed E-state index contributed by atoms with van der Waals surface area (Å²) in [4.78, 5) is 11.4. The van der Waals surface area contributed by atoms with Gasteiger partial charge in [0.15, 0.2) is 5.82 Å². The van der Waals surface area contributed by atoms with Crippen LogP contribution in [-0.2, 0) is 20.3 Å². The summed E-state index contributed by atoms with van der Waals surface area (Å²) in [7, 11) is 1.55. The Bertz CT molecular complexity index is 364. The number of halogens is 1. The first kappa shape index (κ1) is 8.47. The number of nitrogens with zero attached hydrogens (tertiary/aromatic N) is 3. The van der Waals surface area contributed by atoms with Crippen LogP contribution in [0.4, 0.5) is 4.39 Å². The minimum Gasteiger partial charge on any atom is -0.276 e. The van der Waals surface area contributed by atoms with E-state index in [1.807, 2.05) is 0 Å². The summed E-state index contributed by atoms with van der Waals surface area (Å²) >= 11 is 0. The highest BCUT2D eigenvalue weighted by atomic mass is 19.1. The van der Waals surface area contributed by atoms with E-state index in [9.17, 15) is 9.18 Å². The van der Waals surface area contributed by atoms with E-state index in [2.05, 4.69) is 5.10 Å². The molecule has 4 nitrogen and oxygen atoms in total. The van der Waals surface area contributed by atoms with Crippen molar-refractivity contribution in [3.63, 3.8) is 0 Å². The highest BCUT2D eigenvalue weighted by Crippen LogP contribution is 2.30. The first-order chi connectivity index (χ1) is 6.22. The maximum atomic E-state index is 12.4. The molecule has 1 aliphatic carbocycles. The quantitative estimate of drug-likeness (QED) is 0.686. The van der Waals surface area contributed by atoms with Crippen molar-refractivity contribution >= 4 is 0 Å². The van der Waals surface area contributed by atoms with E-state index in [0.29, 0.717) is 12.5 Å². The van der Waals surface area contributed by atoms with Gasteiger partial charge in [-0.05, 0) is 18.8 Å². The van der Waals surface area contributed by atoms with Gasteiger partial charge in [0.25, 0.3) is 0 Å². The topological polar surface area (TPSA) is 39.8 Å². The lowest BCUT2D eigenvalue weighted by molar-refractivity contribution is 0.437. The standard InChI is InChI=1S/C8H12FN3O/c1-11-8(13)12(5-6-2-3-6)7(4-9)10-11/h6H,2-5H2,1H3. The van der Waals surface area contributed by atoms with Crippen LogP contribution in [0.2, 0.25) is 0 Å². The second-order valence-electron chi connectivity index (χ2n) is 3.51. The highest BCUT2D eigenvalue weighted by molar-refractivity contribution is 4.88. The van der Waals surface area contributed by atoms with Crippen LogP contribution < -0.4 is 5.69 Å². The summed E-state index contributed by atoms with van der Waals surface area (Å²) in [6.07, 6.45) is 2.29. The molecule has 0 aliphatic heterocycles. The highest BCUT2D eigenvalue weighted by Gasteiger charge is 2.24. The summed E-state index contributed by atoms with van der Waals surface area (Å²) in [5, 5.41) is 3.80. The Balaban J connectivity index is 2.33. The van der Waals surface area contributed by atoms with Crippen molar-refractivity contribution in [1.29, 1.82) is 0 Å². The van der Waals surface area contributed by atoms with Gasteiger partial charge in [-0.1, -0.05) is 0 Å². The van der Waals surface area contributed by atoms with Crippen LogP contribution in [0.1, 0.15) is 18.7 Å². The van der Waals surface area contributed by atoms with Gasteiger partial charge < -0.3 is 0 Å². The van der Waals surface area contributed by atoms with Gasteiger partial charge in [0.2, 0.25) is 0 Å². The van der Waals surface area contributed by atoms with Gasteiger partial charge >= 0.3 is 5.69 Å². The molecule has 2 rings (SSSR count). The summed E-state index contributed by atoms with van der Waals surface area (Å²) < 4.78 is 15.0. The molecule has 0 bridgehead atoms. The molecule has 1 saturated carbocycles. The second-order valence-corrected chi connectivity index (χ2v) is 3.51. The Morgan fingerprint density at radius 1 is 1.62 bits per heavy atom. The molecule has 0 radical (unpaired) electrons. The molecule has 5 heteroatoms. The first-order valence-electron chi connectivity index (χ1n) is 4.41. The molecule has 0 spiro atoms. The van der Waals surface area contributed by atoms with Crippen molar-refractivity contribution in [2.45, 2.75) is 26.1 Å². The van der Waals surface area contributed by atoms with Crippen molar-refractivity contribution in [3.8, 4) is 0 Å². The zero-order valence-corrected chi connectivity index (χ0v) is 7.53. The summed E-state index contributed by atoms with van der Waals surface area (Å²) in [5.41, 5.74) is -0.209. The Morgan fingerprint density at radius 2 is 2.31 bits per heavy atom. The first-order valence-corrected chi connectivity index (χ1v) is 4.41. The third-order valence-electron chi connectivity index (χ3n) is 2.34. The molecule has 0 saturated heterocycles. The van der Waals surface area contributed by atoms with Crippen LogP contribution in [0.3, 0.4) is 0 Å². The molecule has 13 heavy (non-hydrogen) atoms. The Labute approximate surface area is 75.0 Å². The van der Waals surface area contributed by atoms with Crippen LogP contribution in [0.15, 0.2) is 4.79 Å². The molecule has 1 aromatic rings. The molecule has 0 aromatic carbocycles. The lowest BCUT2D eigenvalue weighted by atomic mass is 10.4. The fourth-order valence-electron chi connectivity index (χ4n) is 1.40. The van der Waals surface area contributed by atoms with Crippen molar-refractivity contribution in [2.75, 3.05) is 0 Å². The van der Waals surface area contributed by atoms with Crippen molar-refractivity contribution in [3.05, 3.63) is 16.3 Å². The van der Waals surface area contributed by atoms with Gasteiger partial charge in [-0.3, -0.25) is 4.57 Å². The van der Waals surface area contributed by atoms with E-state index < -0.39 is 6.67 Å². The molecule has 1 aliphatic rings. The number of hydrogen-bond acceptors (Lipinski definition) is 2. The second kappa shape index (κ2) is 2.97. The summed E-state index contributed by atoms with van der Waals surface area (Å²) in [5.74, 6) is 0.812. The molecule has 0 atom stereocenters. The zero-order valence-electron chi connectivity index (χ0n) is 7.53. The number of rotatable bonds is 3. The SMILES string of the molecule is Cn1nc(CF)n(CC2CC2)c1=O. The van der Waals surface area contributed by atoms with Crippen molar-refractivity contribution in [1.82, 2.24) is 14.3 Å². The van der Waals surface area contributed by atoms with Crippen LogP contribution in [0.5, 0.6) is 0 Å². The van der Waals surface area contributed by atoms with Gasteiger partial charge in [-0.2, -0.15) is 5.10 Å². The van der Waals surface area contributed by atoms with Crippen LogP contribution in [0, 0.1) is 5.92 Å². The summed E-state index contributed by atoms with van der Waals surface area (Å²) in [6.45, 7) is -0.0330. The molecular weight excluding hydrogens is 173 g/mol. The van der Waals surface area contributed by atoms with Gasteiger partial charge in [0, 0.05) is 13.6 Å². The van der Waals surface area contributed by atoms with E-state index in [1.165, 1.54) is 9.25 Å². The van der Waals surface area contributed by atoms with Crippen LogP contribution >= 0.6 is 0 Å². The Kier molecular flexibility index (Phi) is 1.94. The Hall–Kier alpha value is -1.13. The molecule has 0 amide bonds. The third-order valence-corrected chi connectivity index (χ3v) is 2.34. The predicted molar refractivity (Wildman–Crippen MR) is 45.0 cm³/mol. The summed E-state index contributed by atoms with van der Waals surface area (Å²) in [6, 6.07) is 0. The number of alkyl halides is 1. The maximum Gasteiger partial charge on any atom is 0.345 e. The monoisotopic (exact) mass is 185 g/mol. The van der Waals surface area contributed by atoms with Crippen LogP contribution in [0.25, 0.3) is 0 Å². The molecule has 1 heterocycles. The minimum absolute atomic E-state index is 0.209. The van der Waals surface area contributed by atoms with E-state index >= 15 is 0 Å². The smallest absolute Gasteiger partial charge is 0.276 e. The van der Waals surface area contributed by atoms with E-state index in [-0.39, 0.29) is 11.5 Å².